The van der Waals surface area contributed by atoms with Gasteiger partial charge in [0.05, 0.1) is 5.92 Å². The molecule has 1 saturated heterocycles. The number of aliphatic carboxylic acids is 1. The standard InChI is InChI=1S/C14H18N2O4S/c1-9-11(14(19)20)3-6-16(9)12(17)2-5-15-13(18)10-4-7-21-8-10/h4,7-9,11H,2-3,5-6H2,1H3,(H,15,18)(H,19,20). The second-order valence-corrected chi connectivity index (χ2v) is 5.86. The molecule has 114 valence electrons. The van der Waals surface area contributed by atoms with E-state index in [0.717, 1.165) is 0 Å². The highest BCUT2D eigenvalue weighted by Crippen LogP contribution is 2.24. The molecule has 2 unspecified atom stereocenters. The van der Waals surface area contributed by atoms with E-state index in [9.17, 15) is 14.4 Å². The molecule has 2 rings (SSSR count). The number of hydrogen-bond acceptors (Lipinski definition) is 4. The SMILES string of the molecule is CC1C(C(=O)O)CCN1C(=O)CCNC(=O)c1ccsc1. The van der Waals surface area contributed by atoms with Gasteiger partial charge in [-0.1, -0.05) is 0 Å². The fourth-order valence-corrected chi connectivity index (χ4v) is 3.18. The van der Waals surface area contributed by atoms with Crippen LogP contribution in [0.4, 0.5) is 0 Å². The molecule has 1 aliphatic heterocycles. The van der Waals surface area contributed by atoms with Crippen molar-refractivity contribution in [1.29, 1.82) is 0 Å². The number of nitrogens with one attached hydrogen (secondary N) is 1. The maximum atomic E-state index is 12.1. The van der Waals surface area contributed by atoms with E-state index in [2.05, 4.69) is 5.32 Å². The molecule has 0 aromatic carbocycles. The molecule has 7 heteroatoms. The molecule has 1 aromatic rings. The lowest BCUT2D eigenvalue weighted by Gasteiger charge is -2.23. The van der Waals surface area contributed by atoms with Gasteiger partial charge in [-0.25, -0.2) is 0 Å². The van der Waals surface area contributed by atoms with Crippen LogP contribution in [0.1, 0.15) is 30.1 Å². The number of amides is 2. The van der Waals surface area contributed by atoms with E-state index in [0.29, 0.717) is 18.5 Å². The van der Waals surface area contributed by atoms with Gasteiger partial charge >= 0.3 is 5.97 Å². The molecule has 1 aromatic heterocycles. The molecule has 2 atom stereocenters. The molecule has 0 bridgehead atoms. The predicted octanol–water partition coefficient (Wildman–Crippen LogP) is 1.19. The lowest BCUT2D eigenvalue weighted by molar-refractivity contribution is -0.143. The van der Waals surface area contributed by atoms with Gasteiger partial charge in [-0.05, 0) is 24.8 Å². The van der Waals surface area contributed by atoms with Crippen molar-refractivity contribution < 1.29 is 19.5 Å². The Labute approximate surface area is 126 Å². The largest absolute Gasteiger partial charge is 0.481 e. The van der Waals surface area contributed by atoms with Gasteiger partial charge in [0.1, 0.15) is 0 Å². The average Bonchev–Trinajstić information content (AvgIpc) is 3.07. The second kappa shape index (κ2) is 6.71. The summed E-state index contributed by atoms with van der Waals surface area (Å²) in [4.78, 5) is 36.4. The van der Waals surface area contributed by atoms with Gasteiger partial charge in [-0.2, -0.15) is 11.3 Å². The Hall–Kier alpha value is -1.89. The first kappa shape index (κ1) is 15.5. The summed E-state index contributed by atoms with van der Waals surface area (Å²) in [5.74, 6) is -1.66. The lowest BCUT2D eigenvalue weighted by Crippen LogP contribution is -2.39. The van der Waals surface area contributed by atoms with Crippen LogP contribution in [-0.2, 0) is 9.59 Å². The first-order chi connectivity index (χ1) is 10.0. The highest BCUT2D eigenvalue weighted by Gasteiger charge is 2.37. The van der Waals surface area contributed by atoms with E-state index in [-0.39, 0.29) is 30.8 Å². The molecule has 0 saturated carbocycles. The van der Waals surface area contributed by atoms with Gasteiger partial charge in [0.15, 0.2) is 0 Å². The average molecular weight is 310 g/mol. The molecule has 0 radical (unpaired) electrons. The van der Waals surface area contributed by atoms with Crippen LogP contribution in [0.3, 0.4) is 0 Å². The third-order valence-corrected chi connectivity index (χ3v) is 4.48. The van der Waals surface area contributed by atoms with Crippen molar-refractivity contribution in [2.75, 3.05) is 13.1 Å². The summed E-state index contributed by atoms with van der Waals surface area (Å²) in [7, 11) is 0. The van der Waals surface area contributed by atoms with Crippen molar-refractivity contribution in [3.63, 3.8) is 0 Å². The molecule has 6 nitrogen and oxygen atoms in total. The van der Waals surface area contributed by atoms with Gasteiger partial charge in [0, 0.05) is 36.5 Å². The molecular weight excluding hydrogens is 292 g/mol. The number of hydrogen-bond donors (Lipinski definition) is 2. The van der Waals surface area contributed by atoms with Crippen molar-refractivity contribution in [2.45, 2.75) is 25.8 Å². The summed E-state index contributed by atoms with van der Waals surface area (Å²) in [6, 6.07) is 1.43. The Kier molecular flexibility index (Phi) is 4.95. The highest BCUT2D eigenvalue weighted by molar-refractivity contribution is 7.08. The summed E-state index contributed by atoms with van der Waals surface area (Å²) in [5, 5.41) is 15.3. The number of carbonyl (C=O) groups is 3. The summed E-state index contributed by atoms with van der Waals surface area (Å²) in [5.41, 5.74) is 0.591. The molecule has 2 amide bonds. The number of carboxylic acid groups (broad SMARTS) is 1. The molecule has 2 N–H and O–H groups in total. The Balaban J connectivity index is 1.78. The smallest absolute Gasteiger partial charge is 0.308 e. The Morgan fingerprint density at radius 1 is 1.48 bits per heavy atom. The zero-order valence-electron chi connectivity index (χ0n) is 11.7. The van der Waals surface area contributed by atoms with E-state index < -0.39 is 11.9 Å². The molecule has 1 fully saturated rings. The molecule has 2 heterocycles. The van der Waals surface area contributed by atoms with E-state index in [4.69, 9.17) is 5.11 Å². The van der Waals surface area contributed by atoms with Crippen molar-refractivity contribution >= 4 is 29.1 Å². The van der Waals surface area contributed by atoms with Crippen LogP contribution in [0.15, 0.2) is 16.8 Å². The van der Waals surface area contributed by atoms with Gasteiger partial charge in [0.25, 0.3) is 5.91 Å². The van der Waals surface area contributed by atoms with Crippen molar-refractivity contribution in [3.8, 4) is 0 Å². The normalized spacial score (nSPS) is 21.3. The number of rotatable bonds is 5. The summed E-state index contributed by atoms with van der Waals surface area (Å²) >= 11 is 1.44. The molecule has 0 aliphatic carbocycles. The summed E-state index contributed by atoms with van der Waals surface area (Å²) in [6.07, 6.45) is 0.677. The zero-order valence-corrected chi connectivity index (χ0v) is 12.6. The van der Waals surface area contributed by atoms with E-state index in [1.54, 1.807) is 23.3 Å². The number of nitrogens with zero attached hydrogens (tertiary/aromatic N) is 1. The Bertz CT molecular complexity index is 529. The highest BCUT2D eigenvalue weighted by atomic mass is 32.1. The van der Waals surface area contributed by atoms with E-state index in [1.165, 1.54) is 11.3 Å². The second-order valence-electron chi connectivity index (χ2n) is 5.08. The number of carboxylic acids is 1. The minimum Gasteiger partial charge on any atom is -0.481 e. The van der Waals surface area contributed by atoms with E-state index >= 15 is 0 Å². The van der Waals surface area contributed by atoms with Crippen molar-refractivity contribution in [2.24, 2.45) is 5.92 Å². The first-order valence-corrected chi connectivity index (χ1v) is 7.77. The molecule has 1 aliphatic rings. The van der Waals surface area contributed by atoms with Crippen LogP contribution in [0.2, 0.25) is 0 Å². The maximum Gasteiger partial charge on any atom is 0.308 e. The summed E-state index contributed by atoms with van der Waals surface area (Å²) in [6.45, 7) is 2.48. The minimum atomic E-state index is -0.858. The first-order valence-electron chi connectivity index (χ1n) is 6.83. The molecule has 21 heavy (non-hydrogen) atoms. The monoisotopic (exact) mass is 310 g/mol. The van der Waals surface area contributed by atoms with Gasteiger partial charge in [0.2, 0.25) is 5.91 Å². The Morgan fingerprint density at radius 3 is 2.81 bits per heavy atom. The Morgan fingerprint density at radius 2 is 2.24 bits per heavy atom. The fourth-order valence-electron chi connectivity index (χ4n) is 2.54. The van der Waals surface area contributed by atoms with Crippen LogP contribution < -0.4 is 5.32 Å². The number of likely N-dealkylation sites (tertiary alicyclic amines) is 1. The van der Waals surface area contributed by atoms with Crippen LogP contribution in [0, 0.1) is 5.92 Å². The van der Waals surface area contributed by atoms with Crippen molar-refractivity contribution in [3.05, 3.63) is 22.4 Å². The maximum absolute atomic E-state index is 12.1. The van der Waals surface area contributed by atoms with Gasteiger partial charge < -0.3 is 15.3 Å². The third kappa shape index (κ3) is 3.60. The van der Waals surface area contributed by atoms with Crippen LogP contribution in [0.5, 0.6) is 0 Å². The lowest BCUT2D eigenvalue weighted by atomic mass is 10.0. The topological polar surface area (TPSA) is 86.7 Å². The quantitative estimate of drug-likeness (QED) is 0.855. The van der Waals surface area contributed by atoms with Gasteiger partial charge in [-0.3, -0.25) is 14.4 Å². The predicted molar refractivity (Wildman–Crippen MR) is 78.2 cm³/mol. The van der Waals surface area contributed by atoms with Crippen molar-refractivity contribution in [1.82, 2.24) is 10.2 Å². The minimum absolute atomic E-state index is 0.114. The molecular formula is C14H18N2O4S. The van der Waals surface area contributed by atoms with Crippen LogP contribution in [-0.4, -0.2) is 46.9 Å². The number of thiophene rings is 1. The van der Waals surface area contributed by atoms with Gasteiger partial charge in [-0.15, -0.1) is 0 Å². The van der Waals surface area contributed by atoms with E-state index in [1.807, 2.05) is 5.38 Å². The zero-order chi connectivity index (χ0) is 15.4. The fraction of sp³-hybridized carbons (Fsp3) is 0.500. The number of carbonyl (C=O) groups excluding carboxylic acids is 2. The third-order valence-electron chi connectivity index (χ3n) is 3.80. The van der Waals surface area contributed by atoms with Crippen LogP contribution in [0.25, 0.3) is 0 Å². The molecule has 0 spiro atoms. The summed E-state index contributed by atoms with van der Waals surface area (Å²) < 4.78 is 0. The van der Waals surface area contributed by atoms with Crippen LogP contribution >= 0.6 is 11.3 Å².